The zero-order valence-corrected chi connectivity index (χ0v) is 17.7. The normalized spacial score (nSPS) is 10.6. The van der Waals surface area contributed by atoms with E-state index in [2.05, 4.69) is 10.2 Å². The second-order valence-electron chi connectivity index (χ2n) is 6.41. The Morgan fingerprint density at radius 2 is 1.86 bits per heavy atom. The molecule has 0 saturated carbocycles. The highest BCUT2D eigenvalue weighted by Crippen LogP contribution is 2.32. The second-order valence-corrected chi connectivity index (χ2v) is 7.33. The zero-order valence-electron chi connectivity index (χ0n) is 16.8. The molecular weight excluding hydrogens is 390 g/mol. The van der Waals surface area contributed by atoms with Crippen molar-refractivity contribution in [3.05, 3.63) is 53.6 Å². The van der Waals surface area contributed by atoms with Crippen molar-refractivity contribution in [2.24, 2.45) is 0 Å². The molecule has 0 atom stereocenters. The Labute approximate surface area is 174 Å². The molecule has 152 valence electrons. The van der Waals surface area contributed by atoms with Crippen molar-refractivity contribution in [1.29, 1.82) is 0 Å². The van der Waals surface area contributed by atoms with Crippen LogP contribution < -0.4 is 9.47 Å². The summed E-state index contributed by atoms with van der Waals surface area (Å²) in [5.74, 6) is 1.76. The zero-order chi connectivity index (χ0) is 20.8. The third-order valence-electron chi connectivity index (χ3n) is 4.45. The number of ether oxygens (including phenoxy) is 2. The third kappa shape index (κ3) is 5.08. The van der Waals surface area contributed by atoms with Crippen LogP contribution >= 0.6 is 11.8 Å². The van der Waals surface area contributed by atoms with E-state index in [0.717, 1.165) is 11.1 Å². The smallest absolute Gasteiger partial charge is 0.277 e. The summed E-state index contributed by atoms with van der Waals surface area (Å²) in [6.45, 7) is 2.60. The van der Waals surface area contributed by atoms with Crippen molar-refractivity contribution >= 4 is 17.7 Å². The topological polar surface area (TPSA) is 77.7 Å². The van der Waals surface area contributed by atoms with Crippen LogP contribution in [0.4, 0.5) is 0 Å². The Hall–Kier alpha value is -3.00. The van der Waals surface area contributed by atoms with Gasteiger partial charge in [0.25, 0.3) is 5.22 Å². The largest absolute Gasteiger partial charge is 0.493 e. The Morgan fingerprint density at radius 1 is 1.10 bits per heavy atom. The molecule has 1 aromatic heterocycles. The summed E-state index contributed by atoms with van der Waals surface area (Å²) in [5, 5.41) is 8.42. The van der Waals surface area contributed by atoms with Crippen LogP contribution in [0.3, 0.4) is 0 Å². The van der Waals surface area contributed by atoms with E-state index in [1.807, 2.05) is 37.3 Å². The highest BCUT2D eigenvalue weighted by Gasteiger charge is 2.16. The summed E-state index contributed by atoms with van der Waals surface area (Å²) in [4.78, 5) is 14.1. The Bertz CT molecular complexity index is 990. The summed E-state index contributed by atoms with van der Waals surface area (Å²) in [5.41, 5.74) is 3.00. The van der Waals surface area contributed by atoms with Crippen LogP contribution in [0.2, 0.25) is 0 Å². The molecule has 29 heavy (non-hydrogen) atoms. The monoisotopic (exact) mass is 413 g/mol. The molecule has 8 heteroatoms. The first kappa shape index (κ1) is 20.7. The minimum atomic E-state index is -0.0101. The number of rotatable bonds is 8. The molecule has 1 amide bonds. The van der Waals surface area contributed by atoms with Crippen LogP contribution in [0.5, 0.6) is 11.5 Å². The van der Waals surface area contributed by atoms with Gasteiger partial charge in [-0.25, -0.2) is 0 Å². The van der Waals surface area contributed by atoms with E-state index in [-0.39, 0.29) is 11.7 Å². The van der Waals surface area contributed by atoms with E-state index in [4.69, 9.17) is 13.9 Å². The highest BCUT2D eigenvalue weighted by molar-refractivity contribution is 7.99. The van der Waals surface area contributed by atoms with Gasteiger partial charge in [0.2, 0.25) is 11.8 Å². The Morgan fingerprint density at radius 3 is 2.59 bits per heavy atom. The summed E-state index contributed by atoms with van der Waals surface area (Å²) < 4.78 is 16.2. The van der Waals surface area contributed by atoms with Gasteiger partial charge in [-0.2, -0.15) is 0 Å². The second kappa shape index (κ2) is 9.47. The SMILES string of the molecule is COc1ccc(-c2nnc(SCC(=O)N(C)Cc3ccccc3C)o2)cc1OC. The number of carbonyl (C=O) groups excluding carboxylic acids is 1. The van der Waals surface area contributed by atoms with Gasteiger partial charge in [0.15, 0.2) is 11.5 Å². The van der Waals surface area contributed by atoms with E-state index < -0.39 is 0 Å². The van der Waals surface area contributed by atoms with Gasteiger partial charge >= 0.3 is 0 Å². The molecule has 0 bridgehead atoms. The Balaban J connectivity index is 1.60. The molecular formula is C21H23N3O4S. The third-order valence-corrected chi connectivity index (χ3v) is 5.25. The number of nitrogens with zero attached hydrogens (tertiary/aromatic N) is 3. The lowest BCUT2D eigenvalue weighted by atomic mass is 10.1. The molecule has 0 radical (unpaired) electrons. The minimum absolute atomic E-state index is 0.0101. The molecule has 0 unspecified atom stereocenters. The standard InChI is InChI=1S/C21H23N3O4S/c1-14-7-5-6-8-16(14)12-24(2)19(25)13-29-21-23-22-20(28-21)15-9-10-17(26-3)18(11-15)27-4/h5-11H,12-13H2,1-4H3. The van der Waals surface area contributed by atoms with Gasteiger partial charge in [0.1, 0.15) is 0 Å². The fourth-order valence-corrected chi connectivity index (χ4v) is 3.42. The first-order valence-electron chi connectivity index (χ1n) is 8.99. The molecule has 0 N–H and O–H groups in total. The predicted molar refractivity (Wildman–Crippen MR) is 111 cm³/mol. The van der Waals surface area contributed by atoms with Gasteiger partial charge in [0, 0.05) is 19.2 Å². The fourth-order valence-electron chi connectivity index (χ4n) is 2.72. The average Bonchev–Trinajstić information content (AvgIpc) is 3.22. The van der Waals surface area contributed by atoms with Crippen molar-refractivity contribution < 1.29 is 18.7 Å². The van der Waals surface area contributed by atoms with Gasteiger partial charge in [-0.05, 0) is 36.2 Å². The molecule has 0 aliphatic carbocycles. The van der Waals surface area contributed by atoms with E-state index >= 15 is 0 Å². The number of hydrogen-bond acceptors (Lipinski definition) is 7. The predicted octanol–water partition coefficient (Wildman–Crippen LogP) is 3.81. The van der Waals surface area contributed by atoms with Crippen LogP contribution in [0.15, 0.2) is 52.1 Å². The average molecular weight is 413 g/mol. The van der Waals surface area contributed by atoms with Gasteiger partial charge < -0.3 is 18.8 Å². The first-order valence-corrected chi connectivity index (χ1v) is 9.97. The molecule has 7 nitrogen and oxygen atoms in total. The van der Waals surface area contributed by atoms with Crippen molar-refractivity contribution in [3.8, 4) is 23.0 Å². The van der Waals surface area contributed by atoms with Gasteiger partial charge in [-0.15, -0.1) is 10.2 Å². The van der Waals surface area contributed by atoms with Crippen molar-refractivity contribution in [1.82, 2.24) is 15.1 Å². The molecule has 0 fully saturated rings. The van der Waals surface area contributed by atoms with Crippen LogP contribution in [-0.4, -0.2) is 48.0 Å². The Kier molecular flexibility index (Phi) is 6.77. The molecule has 3 aromatic rings. The van der Waals surface area contributed by atoms with Crippen molar-refractivity contribution in [2.45, 2.75) is 18.7 Å². The number of benzene rings is 2. The van der Waals surface area contributed by atoms with Gasteiger partial charge in [0.05, 0.1) is 20.0 Å². The molecule has 0 saturated heterocycles. The fraction of sp³-hybridized carbons (Fsp3) is 0.286. The van der Waals surface area contributed by atoms with Gasteiger partial charge in [-0.1, -0.05) is 36.0 Å². The maximum absolute atomic E-state index is 12.4. The number of amides is 1. The number of methoxy groups -OCH3 is 2. The molecule has 1 heterocycles. The lowest BCUT2D eigenvalue weighted by Crippen LogP contribution is -2.28. The van der Waals surface area contributed by atoms with E-state index in [9.17, 15) is 4.79 Å². The minimum Gasteiger partial charge on any atom is -0.493 e. The van der Waals surface area contributed by atoms with Crippen molar-refractivity contribution in [3.63, 3.8) is 0 Å². The lowest BCUT2D eigenvalue weighted by molar-refractivity contribution is -0.127. The number of aryl methyl sites for hydroxylation is 1. The van der Waals surface area contributed by atoms with Crippen LogP contribution in [0.25, 0.3) is 11.5 Å². The first-order chi connectivity index (χ1) is 14.0. The van der Waals surface area contributed by atoms with Gasteiger partial charge in [-0.3, -0.25) is 4.79 Å². The lowest BCUT2D eigenvalue weighted by Gasteiger charge is -2.17. The molecule has 3 rings (SSSR count). The van der Waals surface area contributed by atoms with Crippen LogP contribution in [-0.2, 0) is 11.3 Å². The van der Waals surface area contributed by atoms with E-state index in [1.165, 1.54) is 11.8 Å². The number of aromatic nitrogens is 2. The summed E-state index contributed by atoms with van der Waals surface area (Å²) in [6, 6.07) is 13.4. The van der Waals surface area contributed by atoms with Crippen LogP contribution in [0, 0.1) is 6.92 Å². The number of hydrogen-bond donors (Lipinski definition) is 0. The molecule has 0 aliphatic heterocycles. The van der Waals surface area contributed by atoms with E-state index in [0.29, 0.717) is 34.7 Å². The molecule has 2 aromatic carbocycles. The number of carbonyl (C=O) groups is 1. The van der Waals surface area contributed by atoms with Crippen molar-refractivity contribution in [2.75, 3.05) is 27.0 Å². The molecule has 0 aliphatic rings. The maximum atomic E-state index is 12.4. The van der Waals surface area contributed by atoms with E-state index in [1.54, 1.807) is 38.3 Å². The molecule has 0 spiro atoms. The number of thioether (sulfide) groups is 1. The van der Waals surface area contributed by atoms with Crippen LogP contribution in [0.1, 0.15) is 11.1 Å². The summed E-state index contributed by atoms with van der Waals surface area (Å²) >= 11 is 1.22. The summed E-state index contributed by atoms with van der Waals surface area (Å²) in [7, 11) is 4.93. The highest BCUT2D eigenvalue weighted by atomic mass is 32.2. The summed E-state index contributed by atoms with van der Waals surface area (Å²) in [6.07, 6.45) is 0. The quantitative estimate of drug-likeness (QED) is 0.520. The maximum Gasteiger partial charge on any atom is 0.277 e.